The Morgan fingerprint density at radius 3 is 2.71 bits per heavy atom. The lowest BCUT2D eigenvalue weighted by Crippen LogP contribution is -2.43. The van der Waals surface area contributed by atoms with Gasteiger partial charge in [-0.05, 0) is 49.3 Å². The zero-order valence-electron chi connectivity index (χ0n) is 16.0. The normalized spacial score (nSPS) is 16.9. The van der Waals surface area contributed by atoms with Crippen LogP contribution in [0.25, 0.3) is 5.69 Å². The van der Waals surface area contributed by atoms with Gasteiger partial charge in [-0.15, -0.1) is 0 Å². The van der Waals surface area contributed by atoms with Crippen molar-refractivity contribution in [3.8, 4) is 5.69 Å². The van der Waals surface area contributed by atoms with Gasteiger partial charge in [-0.1, -0.05) is 42.0 Å². The molecule has 1 aliphatic heterocycles. The lowest BCUT2D eigenvalue weighted by Gasteiger charge is -2.34. The first-order valence-electron chi connectivity index (χ1n) is 9.38. The number of nitrogens with one attached hydrogen (secondary N) is 1. The Hall–Kier alpha value is -2.70. The third-order valence-corrected chi connectivity index (χ3v) is 5.44. The van der Waals surface area contributed by atoms with E-state index in [9.17, 15) is 4.79 Å². The summed E-state index contributed by atoms with van der Waals surface area (Å²) >= 11 is 5.42. The van der Waals surface area contributed by atoms with Gasteiger partial charge in [0.25, 0.3) is 5.91 Å². The van der Waals surface area contributed by atoms with Gasteiger partial charge in [-0.2, -0.15) is 0 Å². The van der Waals surface area contributed by atoms with E-state index in [0.29, 0.717) is 30.2 Å². The summed E-state index contributed by atoms with van der Waals surface area (Å²) in [6.45, 7) is 5.77. The average Bonchev–Trinajstić information content (AvgIpc) is 3.09. The minimum atomic E-state index is -0.120. The van der Waals surface area contributed by atoms with Crippen molar-refractivity contribution in [3.63, 3.8) is 0 Å². The van der Waals surface area contributed by atoms with Gasteiger partial charge in [0.15, 0.2) is 4.77 Å². The zero-order chi connectivity index (χ0) is 19.7. The number of aromatic amines is 1. The fourth-order valence-corrected chi connectivity index (χ4v) is 3.99. The largest absolute Gasteiger partial charge is 0.370 e. The molecule has 28 heavy (non-hydrogen) atoms. The minimum Gasteiger partial charge on any atom is -0.370 e. The van der Waals surface area contributed by atoms with Crippen molar-refractivity contribution in [3.05, 3.63) is 81.9 Å². The molecule has 0 bridgehead atoms. The molecular formula is C22H23N3O2S. The molecule has 144 valence electrons. The summed E-state index contributed by atoms with van der Waals surface area (Å²) < 4.78 is 8.29. The van der Waals surface area contributed by atoms with Crippen molar-refractivity contribution in [2.24, 2.45) is 0 Å². The SMILES string of the molecule is Cc1ccc([C@H]2CN(C(=O)c3c[nH]c(=S)n3-c3ccccc3)CCO2)c(C)c1. The highest BCUT2D eigenvalue weighted by molar-refractivity contribution is 7.71. The van der Waals surface area contributed by atoms with Crippen molar-refractivity contribution in [2.75, 3.05) is 19.7 Å². The predicted molar refractivity (Wildman–Crippen MR) is 111 cm³/mol. The van der Waals surface area contributed by atoms with E-state index in [1.807, 2.05) is 35.2 Å². The number of para-hydroxylation sites is 1. The first kappa shape index (κ1) is 18.7. The number of benzene rings is 2. The van der Waals surface area contributed by atoms with Gasteiger partial charge in [0, 0.05) is 18.4 Å². The third-order valence-electron chi connectivity index (χ3n) is 5.14. The molecular weight excluding hydrogens is 370 g/mol. The molecule has 1 saturated heterocycles. The number of imidazole rings is 1. The van der Waals surface area contributed by atoms with Crippen LogP contribution in [-0.4, -0.2) is 40.1 Å². The number of H-pyrrole nitrogens is 1. The molecule has 1 fully saturated rings. The van der Waals surface area contributed by atoms with Crippen molar-refractivity contribution < 1.29 is 9.53 Å². The number of aromatic nitrogens is 2. The van der Waals surface area contributed by atoms with Crippen LogP contribution in [0.2, 0.25) is 0 Å². The molecule has 3 aromatic rings. The fourth-order valence-electron chi connectivity index (χ4n) is 3.73. The van der Waals surface area contributed by atoms with Gasteiger partial charge in [0.2, 0.25) is 0 Å². The Morgan fingerprint density at radius 2 is 1.96 bits per heavy atom. The second-order valence-corrected chi connectivity index (χ2v) is 7.51. The quantitative estimate of drug-likeness (QED) is 0.673. The van der Waals surface area contributed by atoms with Gasteiger partial charge in [0.1, 0.15) is 11.8 Å². The summed E-state index contributed by atoms with van der Waals surface area (Å²) in [5.74, 6) is -0.0470. The Morgan fingerprint density at radius 1 is 1.18 bits per heavy atom. The number of nitrogens with zero attached hydrogens (tertiary/aromatic N) is 2. The van der Waals surface area contributed by atoms with Crippen LogP contribution in [0.5, 0.6) is 0 Å². The highest BCUT2D eigenvalue weighted by Crippen LogP contribution is 2.27. The number of hydrogen-bond donors (Lipinski definition) is 1. The summed E-state index contributed by atoms with van der Waals surface area (Å²) in [6, 6.07) is 16.0. The van der Waals surface area contributed by atoms with Crippen molar-refractivity contribution in [1.29, 1.82) is 0 Å². The molecule has 0 radical (unpaired) electrons. The first-order chi connectivity index (χ1) is 13.5. The van der Waals surface area contributed by atoms with Crippen LogP contribution in [0.1, 0.15) is 33.3 Å². The summed E-state index contributed by atoms with van der Waals surface area (Å²) in [5, 5.41) is 0. The van der Waals surface area contributed by atoms with Crippen molar-refractivity contribution in [1.82, 2.24) is 14.5 Å². The maximum absolute atomic E-state index is 13.3. The number of hydrogen-bond acceptors (Lipinski definition) is 3. The summed E-state index contributed by atoms with van der Waals surface area (Å²) in [4.78, 5) is 18.2. The number of morpholine rings is 1. The van der Waals surface area contributed by atoms with Gasteiger partial charge >= 0.3 is 0 Å². The molecule has 1 aliphatic rings. The lowest BCUT2D eigenvalue weighted by molar-refractivity contribution is -0.0233. The predicted octanol–water partition coefficient (Wildman–Crippen LogP) is 4.37. The second kappa shape index (κ2) is 7.73. The number of amides is 1. The number of ether oxygens (including phenoxy) is 1. The third kappa shape index (κ3) is 3.53. The van der Waals surface area contributed by atoms with Crippen LogP contribution in [-0.2, 0) is 4.74 Å². The second-order valence-electron chi connectivity index (χ2n) is 7.12. The minimum absolute atomic E-state index is 0.0470. The monoisotopic (exact) mass is 393 g/mol. The smallest absolute Gasteiger partial charge is 0.272 e. The van der Waals surface area contributed by atoms with Gasteiger partial charge < -0.3 is 14.6 Å². The zero-order valence-corrected chi connectivity index (χ0v) is 16.8. The van der Waals surface area contributed by atoms with Gasteiger partial charge in [-0.25, -0.2) is 0 Å². The number of aryl methyl sites for hydroxylation is 2. The van der Waals surface area contributed by atoms with Crippen LogP contribution in [0.15, 0.2) is 54.7 Å². The van der Waals surface area contributed by atoms with Gasteiger partial charge in [-0.3, -0.25) is 9.36 Å². The molecule has 0 spiro atoms. The number of carbonyl (C=O) groups is 1. The van der Waals surface area contributed by atoms with Crippen molar-refractivity contribution in [2.45, 2.75) is 20.0 Å². The highest BCUT2D eigenvalue weighted by Gasteiger charge is 2.29. The summed E-state index contributed by atoms with van der Waals surface area (Å²) in [6.07, 6.45) is 1.57. The topological polar surface area (TPSA) is 50.3 Å². The Kier molecular flexibility index (Phi) is 5.15. The molecule has 1 N–H and O–H groups in total. The lowest BCUT2D eigenvalue weighted by atomic mass is 10.00. The molecule has 0 aliphatic carbocycles. The number of rotatable bonds is 3. The molecule has 2 aromatic carbocycles. The summed E-state index contributed by atoms with van der Waals surface area (Å²) in [5.41, 5.74) is 4.96. The van der Waals surface area contributed by atoms with Crippen molar-refractivity contribution >= 4 is 18.1 Å². The molecule has 6 heteroatoms. The molecule has 2 heterocycles. The Balaban J connectivity index is 1.62. The van der Waals surface area contributed by atoms with Crippen LogP contribution in [0.3, 0.4) is 0 Å². The standard InChI is InChI=1S/C22H23N3O2S/c1-15-8-9-18(16(2)12-15)20-14-24(10-11-27-20)21(26)19-13-23-22(28)25(19)17-6-4-3-5-7-17/h3-9,12-13,20H,10-11,14H2,1-2H3,(H,23,28)/t20-/m1/s1. The van der Waals surface area contributed by atoms with E-state index in [1.54, 1.807) is 10.8 Å². The van der Waals surface area contributed by atoms with Crippen LogP contribution < -0.4 is 0 Å². The molecule has 5 nitrogen and oxygen atoms in total. The molecule has 1 atom stereocenters. The Bertz CT molecular complexity index is 1060. The van der Waals surface area contributed by atoms with E-state index in [2.05, 4.69) is 37.0 Å². The van der Waals surface area contributed by atoms with Crippen LogP contribution in [0.4, 0.5) is 0 Å². The molecule has 1 aromatic heterocycles. The molecule has 0 unspecified atom stereocenters. The maximum atomic E-state index is 13.3. The number of carbonyl (C=O) groups excluding carboxylic acids is 1. The van der Waals surface area contributed by atoms with E-state index >= 15 is 0 Å². The summed E-state index contributed by atoms with van der Waals surface area (Å²) in [7, 11) is 0. The van der Waals surface area contributed by atoms with E-state index in [-0.39, 0.29) is 12.0 Å². The van der Waals surface area contributed by atoms with E-state index in [1.165, 1.54) is 11.1 Å². The maximum Gasteiger partial charge on any atom is 0.272 e. The molecule has 1 amide bonds. The molecule has 0 saturated carbocycles. The fraction of sp³-hybridized carbons (Fsp3) is 0.273. The molecule has 4 rings (SSSR count). The van der Waals surface area contributed by atoms with E-state index < -0.39 is 0 Å². The van der Waals surface area contributed by atoms with E-state index in [0.717, 1.165) is 11.3 Å². The van der Waals surface area contributed by atoms with Gasteiger partial charge in [0.05, 0.1) is 13.2 Å². The Labute approximate surface area is 169 Å². The van der Waals surface area contributed by atoms with Crippen LogP contribution >= 0.6 is 12.2 Å². The first-order valence-corrected chi connectivity index (χ1v) is 9.79. The average molecular weight is 394 g/mol. The van der Waals surface area contributed by atoms with Crippen LogP contribution in [0, 0.1) is 18.6 Å². The highest BCUT2D eigenvalue weighted by atomic mass is 32.1. The van der Waals surface area contributed by atoms with E-state index in [4.69, 9.17) is 17.0 Å².